The summed E-state index contributed by atoms with van der Waals surface area (Å²) >= 11 is 3.44. The second kappa shape index (κ2) is 8.91. The van der Waals surface area contributed by atoms with Gasteiger partial charge in [-0.1, -0.05) is 6.92 Å². The summed E-state index contributed by atoms with van der Waals surface area (Å²) in [5.41, 5.74) is 1.09. The normalized spacial score (nSPS) is 16.8. The summed E-state index contributed by atoms with van der Waals surface area (Å²) in [7, 11) is 1.58. The molecule has 1 unspecified atom stereocenters. The SMILES string of the molecule is CCC(C(=O)O)N1CCC(CNC(=O)c2n[nH]c3cc(OC)c(Br)cc23)CC1. The maximum absolute atomic E-state index is 12.6. The molecule has 0 saturated carbocycles. The Morgan fingerprint density at radius 2 is 2.14 bits per heavy atom. The van der Waals surface area contributed by atoms with Gasteiger partial charge in [-0.25, -0.2) is 0 Å². The lowest BCUT2D eigenvalue weighted by Crippen LogP contribution is -2.46. The maximum Gasteiger partial charge on any atom is 0.320 e. The first-order valence-corrected chi connectivity index (χ1v) is 10.2. The fourth-order valence-electron chi connectivity index (χ4n) is 3.73. The molecule has 1 fully saturated rings. The maximum atomic E-state index is 12.6. The number of hydrogen-bond donors (Lipinski definition) is 3. The minimum absolute atomic E-state index is 0.220. The van der Waals surface area contributed by atoms with Gasteiger partial charge in [0.15, 0.2) is 5.69 Å². The molecule has 1 atom stereocenters. The predicted molar refractivity (Wildman–Crippen MR) is 109 cm³/mol. The van der Waals surface area contributed by atoms with Crippen molar-refractivity contribution in [1.29, 1.82) is 0 Å². The Morgan fingerprint density at radius 3 is 2.75 bits per heavy atom. The number of H-pyrrole nitrogens is 1. The minimum atomic E-state index is -0.762. The number of aliphatic carboxylic acids is 1. The minimum Gasteiger partial charge on any atom is -0.495 e. The quantitative estimate of drug-likeness (QED) is 0.595. The molecule has 2 aromatic rings. The van der Waals surface area contributed by atoms with Crippen molar-refractivity contribution < 1.29 is 19.4 Å². The number of methoxy groups -OCH3 is 1. The van der Waals surface area contributed by atoms with Crippen LogP contribution >= 0.6 is 15.9 Å². The van der Waals surface area contributed by atoms with Gasteiger partial charge in [0.25, 0.3) is 5.91 Å². The summed E-state index contributed by atoms with van der Waals surface area (Å²) in [5, 5.41) is 20.0. The molecule has 1 aromatic heterocycles. The van der Waals surface area contributed by atoms with Crippen LogP contribution in [0.15, 0.2) is 16.6 Å². The van der Waals surface area contributed by atoms with E-state index in [4.69, 9.17) is 4.74 Å². The Hall–Kier alpha value is -2.13. The first-order valence-electron chi connectivity index (χ1n) is 9.41. The molecule has 1 aliphatic rings. The van der Waals surface area contributed by atoms with Crippen LogP contribution in [-0.4, -0.2) is 64.9 Å². The number of amides is 1. The summed E-state index contributed by atoms with van der Waals surface area (Å²) < 4.78 is 6.02. The van der Waals surface area contributed by atoms with Crippen molar-refractivity contribution in [3.8, 4) is 5.75 Å². The first kappa shape index (κ1) is 20.6. The number of carbonyl (C=O) groups excluding carboxylic acids is 1. The molecule has 0 bridgehead atoms. The van der Waals surface area contributed by atoms with Crippen LogP contribution in [0, 0.1) is 5.92 Å². The predicted octanol–water partition coefficient (Wildman–Crippen LogP) is 2.64. The number of fused-ring (bicyclic) bond motifs is 1. The standard InChI is InChI=1S/C19H25BrN4O4/c1-3-15(19(26)27)24-6-4-11(5-7-24)10-21-18(25)17-12-8-13(20)16(28-2)9-14(12)22-23-17/h8-9,11,15H,3-7,10H2,1-2H3,(H,21,25)(H,22,23)(H,26,27). The molecule has 2 heterocycles. The third-order valence-electron chi connectivity index (χ3n) is 5.36. The highest BCUT2D eigenvalue weighted by Crippen LogP contribution is 2.30. The topological polar surface area (TPSA) is 108 Å². The number of aromatic amines is 1. The summed E-state index contributed by atoms with van der Waals surface area (Å²) in [6.45, 7) is 3.93. The summed E-state index contributed by atoms with van der Waals surface area (Å²) in [5.74, 6) is 0.0234. The molecule has 1 aromatic carbocycles. The van der Waals surface area contributed by atoms with E-state index in [0.29, 0.717) is 30.3 Å². The van der Waals surface area contributed by atoms with Crippen LogP contribution in [0.25, 0.3) is 10.9 Å². The van der Waals surface area contributed by atoms with Gasteiger partial charge in [0.05, 0.1) is 17.1 Å². The number of rotatable bonds is 7. The zero-order chi connectivity index (χ0) is 20.3. The van der Waals surface area contributed by atoms with Crippen molar-refractivity contribution >= 4 is 38.7 Å². The van der Waals surface area contributed by atoms with Crippen LogP contribution in [-0.2, 0) is 4.79 Å². The molecule has 8 nitrogen and oxygen atoms in total. The molecule has 1 aliphatic heterocycles. The number of carboxylic acids is 1. The van der Waals surface area contributed by atoms with E-state index in [2.05, 4.69) is 31.4 Å². The zero-order valence-corrected chi connectivity index (χ0v) is 17.6. The second-order valence-corrected chi connectivity index (χ2v) is 7.91. The molecule has 1 saturated heterocycles. The second-order valence-electron chi connectivity index (χ2n) is 7.06. The Bertz CT molecular complexity index is 861. The Morgan fingerprint density at radius 1 is 1.43 bits per heavy atom. The van der Waals surface area contributed by atoms with Crippen LogP contribution in [0.1, 0.15) is 36.7 Å². The number of aromatic nitrogens is 2. The van der Waals surface area contributed by atoms with E-state index >= 15 is 0 Å². The van der Waals surface area contributed by atoms with E-state index < -0.39 is 12.0 Å². The number of halogens is 1. The van der Waals surface area contributed by atoms with Crippen molar-refractivity contribution in [2.45, 2.75) is 32.2 Å². The van der Waals surface area contributed by atoms with Gasteiger partial charge in [-0.05, 0) is 60.3 Å². The number of nitrogens with one attached hydrogen (secondary N) is 2. The molecule has 9 heteroatoms. The summed E-state index contributed by atoms with van der Waals surface area (Å²) in [6, 6.07) is 3.20. The van der Waals surface area contributed by atoms with Crippen LogP contribution in [0.2, 0.25) is 0 Å². The smallest absolute Gasteiger partial charge is 0.320 e. The number of carbonyl (C=O) groups is 2. The van der Waals surface area contributed by atoms with E-state index in [1.165, 1.54) is 0 Å². The van der Waals surface area contributed by atoms with E-state index in [9.17, 15) is 14.7 Å². The van der Waals surface area contributed by atoms with Crippen LogP contribution < -0.4 is 10.1 Å². The van der Waals surface area contributed by atoms with Crippen molar-refractivity contribution in [2.24, 2.45) is 5.92 Å². The molecule has 0 spiro atoms. The van der Waals surface area contributed by atoms with Crippen molar-refractivity contribution in [3.05, 3.63) is 22.3 Å². The highest BCUT2D eigenvalue weighted by atomic mass is 79.9. The van der Waals surface area contributed by atoms with Crippen molar-refractivity contribution in [2.75, 3.05) is 26.7 Å². The van der Waals surface area contributed by atoms with Gasteiger partial charge in [0, 0.05) is 18.0 Å². The average Bonchev–Trinajstić information content (AvgIpc) is 3.09. The van der Waals surface area contributed by atoms with E-state index in [-0.39, 0.29) is 5.91 Å². The third kappa shape index (κ3) is 4.30. The summed E-state index contributed by atoms with van der Waals surface area (Å²) in [4.78, 5) is 25.9. The molecular formula is C19H25BrN4O4. The van der Waals surface area contributed by atoms with Gasteiger partial charge >= 0.3 is 5.97 Å². The average molecular weight is 453 g/mol. The van der Waals surface area contributed by atoms with E-state index in [1.54, 1.807) is 13.2 Å². The number of piperidine rings is 1. The molecule has 0 aliphatic carbocycles. The molecular weight excluding hydrogens is 428 g/mol. The van der Waals surface area contributed by atoms with E-state index in [1.807, 2.05) is 17.9 Å². The van der Waals surface area contributed by atoms with Crippen LogP contribution in [0.5, 0.6) is 5.75 Å². The van der Waals surface area contributed by atoms with Gasteiger partial charge in [-0.2, -0.15) is 5.10 Å². The van der Waals surface area contributed by atoms with Gasteiger partial charge < -0.3 is 15.2 Å². The van der Waals surface area contributed by atoms with Gasteiger partial charge in [-0.15, -0.1) is 0 Å². The fraction of sp³-hybridized carbons (Fsp3) is 0.526. The first-order chi connectivity index (χ1) is 13.4. The Balaban J connectivity index is 1.57. The monoisotopic (exact) mass is 452 g/mol. The van der Waals surface area contributed by atoms with Gasteiger partial charge in [-0.3, -0.25) is 19.6 Å². The number of benzene rings is 1. The van der Waals surface area contributed by atoms with Gasteiger partial charge in [0.1, 0.15) is 11.8 Å². The molecule has 3 rings (SSSR count). The van der Waals surface area contributed by atoms with Crippen LogP contribution in [0.4, 0.5) is 0 Å². The lowest BCUT2D eigenvalue weighted by molar-refractivity contribution is -0.144. The lowest BCUT2D eigenvalue weighted by atomic mass is 9.95. The summed E-state index contributed by atoms with van der Waals surface area (Å²) in [6.07, 6.45) is 2.34. The fourth-order valence-corrected chi connectivity index (χ4v) is 4.23. The molecule has 28 heavy (non-hydrogen) atoms. The Labute approximate surface area is 171 Å². The highest BCUT2D eigenvalue weighted by Gasteiger charge is 2.28. The van der Waals surface area contributed by atoms with E-state index in [0.717, 1.165) is 41.3 Å². The number of hydrogen-bond acceptors (Lipinski definition) is 5. The van der Waals surface area contributed by atoms with Crippen molar-refractivity contribution in [1.82, 2.24) is 20.4 Å². The number of likely N-dealkylation sites (tertiary alicyclic amines) is 1. The molecule has 1 amide bonds. The molecule has 3 N–H and O–H groups in total. The third-order valence-corrected chi connectivity index (χ3v) is 5.98. The molecule has 0 radical (unpaired) electrons. The lowest BCUT2D eigenvalue weighted by Gasteiger charge is -2.35. The number of ether oxygens (including phenoxy) is 1. The van der Waals surface area contributed by atoms with Crippen LogP contribution in [0.3, 0.4) is 0 Å². The number of nitrogens with zero attached hydrogens (tertiary/aromatic N) is 2. The zero-order valence-electron chi connectivity index (χ0n) is 16.0. The van der Waals surface area contributed by atoms with Crippen molar-refractivity contribution in [3.63, 3.8) is 0 Å². The number of carboxylic acid groups (broad SMARTS) is 1. The largest absolute Gasteiger partial charge is 0.495 e. The van der Waals surface area contributed by atoms with Gasteiger partial charge in [0.2, 0.25) is 0 Å². The highest BCUT2D eigenvalue weighted by molar-refractivity contribution is 9.10. The molecule has 152 valence electrons. The Kier molecular flexibility index (Phi) is 6.56.